The first-order valence-corrected chi connectivity index (χ1v) is 10.6. The Morgan fingerprint density at radius 2 is 1.73 bits per heavy atom. The van der Waals surface area contributed by atoms with Crippen molar-refractivity contribution in [1.82, 2.24) is 21.1 Å². The summed E-state index contributed by atoms with van der Waals surface area (Å²) in [5.74, 6) is -1.92. The quantitative estimate of drug-likeness (QED) is 0.586. The third-order valence-corrected chi connectivity index (χ3v) is 7.01. The van der Waals surface area contributed by atoms with Crippen LogP contribution >= 0.6 is 0 Å². The van der Waals surface area contributed by atoms with Gasteiger partial charge in [0.25, 0.3) is 0 Å². The first-order chi connectivity index (χ1) is 13.9. The maximum absolute atomic E-state index is 14.0. The van der Waals surface area contributed by atoms with Gasteiger partial charge in [-0.25, -0.2) is 5.01 Å². The molecule has 0 aromatic heterocycles. The lowest BCUT2D eigenvalue weighted by Crippen LogP contribution is -2.58. The maximum atomic E-state index is 14.0. The minimum Gasteiger partial charge on any atom is -0.353 e. The molecule has 7 atom stereocenters. The van der Waals surface area contributed by atoms with Crippen LogP contribution in [0.1, 0.15) is 46.0 Å². The Balaban J connectivity index is 1.70. The Kier molecular flexibility index (Phi) is 6.93. The minimum absolute atomic E-state index is 0.0369. The molecule has 1 saturated carbocycles. The van der Waals surface area contributed by atoms with Crippen molar-refractivity contribution in [2.24, 2.45) is 17.8 Å². The number of halogens is 6. The second kappa shape index (κ2) is 8.82. The van der Waals surface area contributed by atoms with Crippen LogP contribution < -0.4 is 16.1 Å². The SMILES string of the molecule is CC1CCCC(N2NCC(C(=O)NC3CCNC(C(F)(F)F)C3)C2C(F)(F)F)C1C. The Bertz CT molecular complexity index is 613. The van der Waals surface area contributed by atoms with Crippen molar-refractivity contribution >= 4 is 5.91 Å². The van der Waals surface area contributed by atoms with Crippen LogP contribution in [0.15, 0.2) is 0 Å². The number of piperidine rings is 1. The van der Waals surface area contributed by atoms with E-state index < -0.39 is 42.3 Å². The minimum atomic E-state index is -4.63. The number of hydrogen-bond donors (Lipinski definition) is 3. The molecule has 3 aliphatic rings. The fourth-order valence-electron chi connectivity index (χ4n) is 5.11. The van der Waals surface area contributed by atoms with Crippen molar-refractivity contribution < 1.29 is 31.1 Å². The molecular formula is C19H30F6N4O. The molecule has 2 aliphatic heterocycles. The molecule has 3 fully saturated rings. The van der Waals surface area contributed by atoms with Gasteiger partial charge in [0.15, 0.2) is 0 Å². The summed E-state index contributed by atoms with van der Waals surface area (Å²) in [5.41, 5.74) is 2.80. The Morgan fingerprint density at radius 3 is 2.37 bits per heavy atom. The molecule has 3 N–H and O–H groups in total. The number of hydrazine groups is 1. The lowest BCUT2D eigenvalue weighted by Gasteiger charge is -2.43. The van der Waals surface area contributed by atoms with Crippen LogP contribution in [0.3, 0.4) is 0 Å². The van der Waals surface area contributed by atoms with Gasteiger partial charge in [-0.3, -0.25) is 10.2 Å². The highest BCUT2D eigenvalue weighted by molar-refractivity contribution is 5.80. The van der Waals surface area contributed by atoms with E-state index in [1.165, 1.54) is 5.01 Å². The molecule has 0 bridgehead atoms. The monoisotopic (exact) mass is 444 g/mol. The molecule has 0 aromatic rings. The number of carbonyl (C=O) groups is 1. The third-order valence-electron chi connectivity index (χ3n) is 7.01. The lowest BCUT2D eigenvalue weighted by molar-refractivity contribution is -0.201. The fourth-order valence-corrected chi connectivity index (χ4v) is 5.11. The van der Waals surface area contributed by atoms with Crippen LogP contribution in [0.2, 0.25) is 0 Å². The summed E-state index contributed by atoms with van der Waals surface area (Å²) < 4.78 is 80.8. The number of rotatable bonds is 3. The first kappa shape index (κ1) is 23.6. The smallest absolute Gasteiger partial charge is 0.353 e. The van der Waals surface area contributed by atoms with Crippen molar-refractivity contribution in [3.63, 3.8) is 0 Å². The first-order valence-electron chi connectivity index (χ1n) is 10.6. The predicted molar refractivity (Wildman–Crippen MR) is 98.2 cm³/mol. The Hall–Kier alpha value is -1.07. The van der Waals surface area contributed by atoms with Gasteiger partial charge in [0.05, 0.1) is 5.92 Å². The molecule has 1 aliphatic carbocycles. The summed E-state index contributed by atoms with van der Waals surface area (Å²) in [4.78, 5) is 12.7. The van der Waals surface area contributed by atoms with E-state index in [1.807, 2.05) is 13.8 Å². The molecule has 30 heavy (non-hydrogen) atoms. The van der Waals surface area contributed by atoms with Crippen molar-refractivity contribution in [2.75, 3.05) is 13.1 Å². The summed E-state index contributed by atoms with van der Waals surface area (Å²) in [6, 6.07) is -4.90. The van der Waals surface area contributed by atoms with Crippen LogP contribution in [0, 0.1) is 17.8 Å². The highest BCUT2D eigenvalue weighted by Gasteiger charge is 2.57. The van der Waals surface area contributed by atoms with Crippen LogP contribution in [0.4, 0.5) is 26.3 Å². The van der Waals surface area contributed by atoms with Gasteiger partial charge in [-0.1, -0.05) is 26.7 Å². The molecule has 174 valence electrons. The standard InChI is InChI=1S/C19H30F6N4O/c1-10-4-3-5-14(11(10)2)29-16(19(23,24)25)13(9-27-29)17(30)28-12-6-7-26-15(8-12)18(20,21)22/h10-16,26-27H,3-9H2,1-2H3,(H,28,30). The van der Waals surface area contributed by atoms with Crippen molar-refractivity contribution in [2.45, 2.75) is 82.5 Å². The van der Waals surface area contributed by atoms with Gasteiger partial charge in [0.2, 0.25) is 5.91 Å². The fraction of sp³-hybridized carbons (Fsp3) is 0.947. The van der Waals surface area contributed by atoms with Crippen molar-refractivity contribution in [3.05, 3.63) is 0 Å². The topological polar surface area (TPSA) is 56.4 Å². The Morgan fingerprint density at radius 1 is 1.03 bits per heavy atom. The molecule has 0 spiro atoms. The summed E-state index contributed by atoms with van der Waals surface area (Å²) in [7, 11) is 0. The molecule has 0 radical (unpaired) electrons. The van der Waals surface area contributed by atoms with E-state index in [4.69, 9.17) is 0 Å². The average molecular weight is 444 g/mol. The molecule has 11 heteroatoms. The molecule has 1 amide bonds. The second-order valence-electron chi connectivity index (χ2n) is 8.98. The largest absolute Gasteiger partial charge is 0.406 e. The van der Waals surface area contributed by atoms with Gasteiger partial charge < -0.3 is 10.6 Å². The number of nitrogens with zero attached hydrogens (tertiary/aromatic N) is 1. The van der Waals surface area contributed by atoms with E-state index in [-0.39, 0.29) is 43.8 Å². The van der Waals surface area contributed by atoms with Crippen LogP contribution in [0.25, 0.3) is 0 Å². The van der Waals surface area contributed by atoms with Gasteiger partial charge in [-0.15, -0.1) is 0 Å². The number of amides is 1. The summed E-state index contributed by atoms with van der Waals surface area (Å²) in [6.07, 6.45) is -6.83. The third kappa shape index (κ3) is 5.04. The zero-order chi connectivity index (χ0) is 22.3. The average Bonchev–Trinajstić information content (AvgIpc) is 3.09. The highest BCUT2D eigenvalue weighted by Crippen LogP contribution is 2.40. The van der Waals surface area contributed by atoms with E-state index in [1.54, 1.807) is 0 Å². The van der Waals surface area contributed by atoms with Gasteiger partial charge in [0, 0.05) is 18.6 Å². The van der Waals surface area contributed by atoms with Gasteiger partial charge >= 0.3 is 12.4 Å². The number of carbonyl (C=O) groups excluding carboxylic acids is 1. The molecule has 7 unspecified atom stereocenters. The molecule has 2 heterocycles. The number of hydrogen-bond acceptors (Lipinski definition) is 4. The number of alkyl halides is 6. The molecule has 3 rings (SSSR count). The zero-order valence-corrected chi connectivity index (χ0v) is 17.1. The van der Waals surface area contributed by atoms with Gasteiger partial charge in [-0.05, 0) is 37.6 Å². The Labute approximate surface area is 172 Å². The van der Waals surface area contributed by atoms with Crippen molar-refractivity contribution in [3.8, 4) is 0 Å². The second-order valence-corrected chi connectivity index (χ2v) is 8.98. The molecular weight excluding hydrogens is 414 g/mol. The van der Waals surface area contributed by atoms with Gasteiger partial charge in [-0.2, -0.15) is 26.3 Å². The predicted octanol–water partition coefficient (Wildman–Crippen LogP) is 2.98. The zero-order valence-electron chi connectivity index (χ0n) is 17.1. The summed E-state index contributed by atoms with van der Waals surface area (Å²) in [5, 5.41) is 6.01. The number of nitrogens with one attached hydrogen (secondary N) is 3. The lowest BCUT2D eigenvalue weighted by atomic mass is 9.77. The molecule has 5 nitrogen and oxygen atoms in total. The van der Waals surface area contributed by atoms with E-state index in [0.717, 1.165) is 12.8 Å². The maximum Gasteiger partial charge on any atom is 0.406 e. The normalized spacial score (nSPS) is 39.1. The van der Waals surface area contributed by atoms with Crippen LogP contribution in [-0.4, -0.2) is 60.5 Å². The van der Waals surface area contributed by atoms with E-state index in [0.29, 0.717) is 6.42 Å². The molecule has 2 saturated heterocycles. The van der Waals surface area contributed by atoms with Crippen LogP contribution in [0.5, 0.6) is 0 Å². The van der Waals surface area contributed by atoms with E-state index in [2.05, 4.69) is 16.1 Å². The highest BCUT2D eigenvalue weighted by atomic mass is 19.4. The van der Waals surface area contributed by atoms with E-state index >= 15 is 0 Å². The van der Waals surface area contributed by atoms with Gasteiger partial charge in [0.1, 0.15) is 12.1 Å². The summed E-state index contributed by atoms with van der Waals surface area (Å²) >= 11 is 0. The summed E-state index contributed by atoms with van der Waals surface area (Å²) in [6.45, 7) is 3.82. The van der Waals surface area contributed by atoms with E-state index in [9.17, 15) is 31.1 Å². The molecule has 0 aromatic carbocycles. The van der Waals surface area contributed by atoms with Crippen molar-refractivity contribution in [1.29, 1.82) is 0 Å². The van der Waals surface area contributed by atoms with Crippen LogP contribution in [-0.2, 0) is 4.79 Å².